The fourth-order valence-corrected chi connectivity index (χ4v) is 11.7. The first-order chi connectivity index (χ1) is 30.8. The Bertz CT molecular complexity index is 2770. The summed E-state index contributed by atoms with van der Waals surface area (Å²) in [5.41, 5.74) is 18.9. The summed E-state index contributed by atoms with van der Waals surface area (Å²) in [7, 11) is -3.08. The highest BCUT2D eigenvalue weighted by Gasteiger charge is 2.54. The van der Waals surface area contributed by atoms with Crippen LogP contribution in [0.15, 0.2) is 73.8 Å². The van der Waals surface area contributed by atoms with E-state index in [1.807, 2.05) is 0 Å². The number of carbonyl (C=O) groups is 1. The van der Waals surface area contributed by atoms with E-state index < -0.39 is 82.7 Å². The van der Waals surface area contributed by atoms with Gasteiger partial charge in [-0.3, -0.25) is 22.7 Å². The van der Waals surface area contributed by atoms with Crippen LogP contribution in [0.5, 0.6) is 11.5 Å². The molecule has 3 saturated heterocycles. The molecule has 0 bridgehead atoms. The van der Waals surface area contributed by atoms with Gasteiger partial charge in [0.25, 0.3) is 15.0 Å². The van der Waals surface area contributed by atoms with Crippen molar-refractivity contribution in [1.29, 1.82) is 0 Å². The highest BCUT2D eigenvalue weighted by atomic mass is 32.7. The average Bonchev–Trinajstić information content (AvgIpc) is 4.06. The molecule has 4 aromatic heterocycles. The lowest BCUT2D eigenvalue weighted by Gasteiger charge is -2.30. The van der Waals surface area contributed by atoms with Gasteiger partial charge in [-0.25, -0.2) is 48.0 Å². The SMILES string of the molecule is B[P@]1(=O)OC[C@H]2O[C@@H](n3cnc4c(N)ncnc43)[C@H](F)[C@@H]2O[P@](=O)(SCc2ccc(OC(=O)c3ccc(OCCN)cc3)cc2)OC[C@H]2O[C@@H](n3cnc4c(N)ncnc43)[C@H](F)[C@@H]2O1. The molecule has 22 nitrogen and oxygen atoms in total. The number of nitrogens with two attached hydrogens (primary N) is 3. The minimum atomic E-state index is -4.53. The third-order valence-electron chi connectivity index (χ3n) is 10.3. The number of esters is 1. The number of carbonyl (C=O) groups excluding carboxylic acids is 1. The maximum absolute atomic E-state index is 16.8. The predicted octanol–water partition coefficient (Wildman–Crippen LogP) is 3.46. The van der Waals surface area contributed by atoms with E-state index in [0.717, 1.165) is 7.57 Å². The van der Waals surface area contributed by atoms with Crippen LogP contribution in [0.1, 0.15) is 28.4 Å². The number of nitrogen functional groups attached to an aromatic ring is 2. The van der Waals surface area contributed by atoms with Crippen molar-refractivity contribution in [3.63, 3.8) is 0 Å². The Morgan fingerprint density at radius 3 is 1.91 bits per heavy atom. The third-order valence-corrected chi connectivity index (χ3v) is 15.2. The molecule has 0 spiro atoms. The number of hydrogen-bond donors (Lipinski definition) is 3. The lowest BCUT2D eigenvalue weighted by Crippen LogP contribution is -2.37. The lowest BCUT2D eigenvalue weighted by molar-refractivity contribution is -0.0546. The molecule has 3 aliphatic heterocycles. The zero-order valence-electron chi connectivity index (χ0n) is 33.4. The van der Waals surface area contributed by atoms with Gasteiger partial charge < -0.3 is 45.2 Å². The third kappa shape index (κ3) is 8.94. The van der Waals surface area contributed by atoms with E-state index in [2.05, 4.69) is 29.9 Å². The fraction of sp³-hybridized carbons (Fsp3) is 0.361. The molecule has 9 rings (SSSR count). The summed E-state index contributed by atoms with van der Waals surface area (Å²) in [5, 5.41) is 0. The molecule has 10 atom stereocenters. The Balaban J connectivity index is 0.975. The molecule has 3 fully saturated rings. The van der Waals surface area contributed by atoms with Crippen LogP contribution in [-0.2, 0) is 42.5 Å². The number of aromatic nitrogens is 8. The van der Waals surface area contributed by atoms with Crippen molar-refractivity contribution in [3.8, 4) is 11.5 Å². The van der Waals surface area contributed by atoms with E-state index in [0.29, 0.717) is 35.8 Å². The van der Waals surface area contributed by atoms with Gasteiger partial charge in [-0.15, -0.1) is 0 Å². The molecule has 28 heteroatoms. The first kappa shape index (κ1) is 44.1. The topological polar surface area (TPSA) is 290 Å². The van der Waals surface area contributed by atoms with E-state index in [9.17, 15) is 13.9 Å². The van der Waals surface area contributed by atoms with Crippen molar-refractivity contribution < 1.29 is 59.7 Å². The molecule has 7 heterocycles. The van der Waals surface area contributed by atoms with Crippen LogP contribution in [-0.4, -0.2) is 116 Å². The van der Waals surface area contributed by atoms with Crippen molar-refractivity contribution in [1.82, 2.24) is 39.0 Å². The second-order valence-electron chi connectivity index (χ2n) is 14.6. The number of halogens is 2. The van der Waals surface area contributed by atoms with Gasteiger partial charge in [0.2, 0.25) is 0 Å². The van der Waals surface area contributed by atoms with Gasteiger partial charge in [-0.2, -0.15) is 0 Å². The maximum atomic E-state index is 16.8. The van der Waals surface area contributed by atoms with Crippen LogP contribution in [0.25, 0.3) is 22.3 Å². The molecular weight excluding hydrogens is 905 g/mol. The summed E-state index contributed by atoms with van der Waals surface area (Å²) < 4.78 is 112. The summed E-state index contributed by atoms with van der Waals surface area (Å²) in [6.45, 7) is -5.15. The second kappa shape index (κ2) is 18.0. The molecule has 336 valence electrons. The van der Waals surface area contributed by atoms with Crippen LogP contribution >= 0.6 is 25.7 Å². The quantitative estimate of drug-likeness (QED) is 0.0767. The number of benzene rings is 2. The Labute approximate surface area is 366 Å². The average molecular weight is 944 g/mol. The molecule has 6 N–H and O–H groups in total. The molecule has 0 radical (unpaired) electrons. The van der Waals surface area contributed by atoms with Crippen molar-refractivity contribution in [2.75, 3.05) is 37.8 Å². The number of alkyl halides is 2. The Kier molecular flexibility index (Phi) is 12.4. The van der Waals surface area contributed by atoms with Crippen molar-refractivity contribution in [3.05, 3.63) is 85.0 Å². The van der Waals surface area contributed by atoms with Gasteiger partial charge in [0, 0.05) is 12.3 Å². The molecule has 2 aromatic carbocycles. The fourth-order valence-electron chi connectivity index (χ4n) is 7.18. The summed E-state index contributed by atoms with van der Waals surface area (Å²) in [4.78, 5) is 37.4. The Morgan fingerprint density at radius 1 is 0.781 bits per heavy atom. The van der Waals surface area contributed by atoms with Gasteiger partial charge in [0.1, 0.15) is 66.2 Å². The van der Waals surface area contributed by atoms with E-state index in [-0.39, 0.29) is 51.0 Å². The van der Waals surface area contributed by atoms with E-state index in [1.165, 1.54) is 46.6 Å². The normalized spacial score (nSPS) is 29.7. The van der Waals surface area contributed by atoms with Crippen molar-refractivity contribution in [2.24, 2.45) is 5.73 Å². The van der Waals surface area contributed by atoms with Crippen LogP contribution in [0.2, 0.25) is 0 Å². The number of hydrogen-bond acceptors (Lipinski definition) is 21. The lowest BCUT2D eigenvalue weighted by atomic mass is 10.1. The van der Waals surface area contributed by atoms with Crippen LogP contribution in [0.4, 0.5) is 20.4 Å². The molecule has 64 heavy (non-hydrogen) atoms. The van der Waals surface area contributed by atoms with Crippen LogP contribution in [0.3, 0.4) is 0 Å². The maximum Gasteiger partial charge on any atom is 0.389 e. The number of rotatable bonds is 10. The molecule has 0 unspecified atom stereocenters. The molecule has 0 saturated carbocycles. The van der Waals surface area contributed by atoms with Gasteiger partial charge in [-0.05, 0) is 53.3 Å². The van der Waals surface area contributed by atoms with Crippen LogP contribution < -0.4 is 26.7 Å². The molecule has 3 aliphatic rings. The van der Waals surface area contributed by atoms with Gasteiger partial charge >= 0.3 is 12.8 Å². The van der Waals surface area contributed by atoms with E-state index in [1.54, 1.807) is 36.4 Å². The minimum Gasteiger partial charge on any atom is -0.492 e. The number of fused-ring (bicyclic) bond motifs is 4. The Morgan fingerprint density at radius 2 is 1.33 bits per heavy atom. The summed E-state index contributed by atoms with van der Waals surface area (Å²) in [6.07, 6.45) is -8.33. The number of imidazole rings is 2. The summed E-state index contributed by atoms with van der Waals surface area (Å²) in [5.74, 6) is 0.182. The minimum absolute atomic E-state index is 0.0344. The summed E-state index contributed by atoms with van der Waals surface area (Å²) >= 11 is 0.691. The standard InChI is InChI=1S/C36H38BF2N11O11P2S/c37-62(52)55-11-22-29(25(39)35(58-22)50-17-48-27-31(42)44-15-46-33(27)50)61-63(53,56-12-23-28(60-62)24(38)34(59-23)49-16-47-26-30(41)43-14-45-32(26)49)64-13-18-1-5-21(6-2-18)57-36(51)19-3-7-20(8-4-19)54-10-9-40/h1-8,14-17,22-25,28-29,34-35H,9-13,37,40H2,(H2,41,43,45)(H2,42,44,46)/t22-,23-,24-,25-,28-,29-,34-,35-,62+,63-/m1/s1. The second-order valence-corrected chi connectivity index (χ2v) is 20.6. The first-order valence-corrected chi connectivity index (χ1v) is 24.6. The Hall–Kier alpha value is -5.14. The predicted molar refractivity (Wildman–Crippen MR) is 226 cm³/mol. The van der Waals surface area contributed by atoms with Gasteiger partial charge in [-0.1, -0.05) is 12.1 Å². The first-order valence-electron chi connectivity index (χ1n) is 19.5. The zero-order valence-corrected chi connectivity index (χ0v) is 36.0. The van der Waals surface area contributed by atoms with Gasteiger partial charge in [0.05, 0.1) is 31.4 Å². The number of nitrogens with zero attached hydrogens (tertiary/aromatic N) is 8. The molecule has 0 amide bonds. The van der Waals surface area contributed by atoms with E-state index in [4.69, 9.17) is 54.2 Å². The largest absolute Gasteiger partial charge is 0.492 e. The monoisotopic (exact) mass is 943 g/mol. The van der Waals surface area contributed by atoms with Crippen molar-refractivity contribution >= 4 is 73.2 Å². The van der Waals surface area contributed by atoms with Gasteiger partial charge in [0.15, 0.2) is 47.7 Å². The van der Waals surface area contributed by atoms with Crippen LogP contribution in [0, 0.1) is 0 Å². The van der Waals surface area contributed by atoms with Crippen molar-refractivity contribution in [2.45, 2.75) is 55.0 Å². The van der Waals surface area contributed by atoms with E-state index >= 15 is 8.78 Å². The molecule has 6 aromatic rings. The number of anilines is 2. The summed E-state index contributed by atoms with van der Waals surface area (Å²) in [6, 6.07) is 12.7. The highest BCUT2D eigenvalue weighted by Crippen LogP contribution is 2.65. The smallest absolute Gasteiger partial charge is 0.389 e. The molecular formula is C36H38BF2N11O11P2S. The number of ether oxygens (including phenoxy) is 4. The zero-order chi connectivity index (χ0) is 44.8. The highest BCUT2D eigenvalue weighted by molar-refractivity contribution is 8.54. The molecule has 0 aliphatic carbocycles.